The van der Waals surface area contributed by atoms with Crippen molar-refractivity contribution in [3.05, 3.63) is 59.8 Å². The third-order valence-electron chi connectivity index (χ3n) is 4.99. The van der Waals surface area contributed by atoms with Crippen molar-refractivity contribution < 1.29 is 23.5 Å². The Bertz CT molecular complexity index is 1010. The van der Waals surface area contributed by atoms with Crippen LogP contribution in [0.25, 0.3) is 11.3 Å². The highest BCUT2D eigenvalue weighted by molar-refractivity contribution is 5.93. The van der Waals surface area contributed by atoms with Gasteiger partial charge in [-0.1, -0.05) is 11.2 Å². The highest BCUT2D eigenvalue weighted by Crippen LogP contribution is 2.31. The number of rotatable bonds is 9. The normalized spacial score (nSPS) is 11.8. The second-order valence-electron chi connectivity index (χ2n) is 7.11. The Morgan fingerprint density at radius 2 is 1.71 bits per heavy atom. The minimum absolute atomic E-state index is 0.0725. The van der Waals surface area contributed by atoms with Gasteiger partial charge in [0.05, 0.1) is 27.4 Å². The van der Waals surface area contributed by atoms with Gasteiger partial charge in [-0.15, -0.1) is 0 Å². The number of hydrogen-bond donors (Lipinski definition) is 1. The highest BCUT2D eigenvalue weighted by Gasteiger charge is 2.20. The van der Waals surface area contributed by atoms with Gasteiger partial charge in [0.1, 0.15) is 5.75 Å². The largest absolute Gasteiger partial charge is 0.497 e. The fourth-order valence-electron chi connectivity index (χ4n) is 3.21. The van der Waals surface area contributed by atoms with Gasteiger partial charge in [-0.2, -0.15) is 0 Å². The van der Waals surface area contributed by atoms with E-state index in [9.17, 15) is 4.79 Å². The summed E-state index contributed by atoms with van der Waals surface area (Å²) in [5.41, 5.74) is 2.02. The van der Waals surface area contributed by atoms with E-state index in [0.29, 0.717) is 23.8 Å². The predicted molar refractivity (Wildman–Crippen MR) is 117 cm³/mol. The lowest BCUT2D eigenvalue weighted by atomic mass is 10.0. The molecule has 0 unspecified atom stereocenters. The first-order valence-corrected chi connectivity index (χ1v) is 9.74. The number of likely N-dealkylation sites (N-methyl/N-ethyl adjacent to an activating group) is 1. The SMILES string of the molecule is COc1ccc(-c2cc(C(=O)NC[C@H](c3ccc(OC)c(OC)c3)N(C)C)no2)cc1. The molecular weight excluding hydrogens is 398 g/mol. The third kappa shape index (κ3) is 5.16. The summed E-state index contributed by atoms with van der Waals surface area (Å²) in [5.74, 6) is 2.24. The van der Waals surface area contributed by atoms with Crippen molar-refractivity contribution in [3.63, 3.8) is 0 Å². The zero-order valence-corrected chi connectivity index (χ0v) is 18.3. The van der Waals surface area contributed by atoms with E-state index in [0.717, 1.165) is 16.9 Å². The molecule has 31 heavy (non-hydrogen) atoms. The predicted octanol–water partition coefficient (Wildman–Crippen LogP) is 3.40. The zero-order valence-electron chi connectivity index (χ0n) is 18.3. The van der Waals surface area contributed by atoms with Gasteiger partial charge >= 0.3 is 0 Å². The summed E-state index contributed by atoms with van der Waals surface area (Å²) in [6, 6.07) is 14.6. The molecule has 164 valence electrons. The highest BCUT2D eigenvalue weighted by atomic mass is 16.5. The first-order valence-electron chi connectivity index (χ1n) is 9.74. The van der Waals surface area contributed by atoms with Crippen molar-refractivity contribution in [2.24, 2.45) is 0 Å². The van der Waals surface area contributed by atoms with Crippen LogP contribution < -0.4 is 19.5 Å². The van der Waals surface area contributed by atoms with Crippen molar-refractivity contribution in [3.8, 4) is 28.6 Å². The average Bonchev–Trinajstić information content (AvgIpc) is 3.29. The number of ether oxygens (including phenoxy) is 3. The number of nitrogens with zero attached hydrogens (tertiary/aromatic N) is 2. The van der Waals surface area contributed by atoms with Gasteiger partial charge in [0.15, 0.2) is 23.0 Å². The number of benzene rings is 2. The molecular formula is C23H27N3O5. The monoisotopic (exact) mass is 425 g/mol. The first-order chi connectivity index (χ1) is 15.0. The molecule has 0 spiro atoms. The molecule has 1 aromatic heterocycles. The van der Waals surface area contributed by atoms with E-state index in [2.05, 4.69) is 10.5 Å². The fraction of sp³-hybridized carbons (Fsp3) is 0.304. The van der Waals surface area contributed by atoms with Gasteiger partial charge in [-0.3, -0.25) is 4.79 Å². The summed E-state index contributed by atoms with van der Waals surface area (Å²) in [5, 5.41) is 6.85. The van der Waals surface area contributed by atoms with Crippen LogP contribution in [-0.4, -0.2) is 57.9 Å². The number of carbonyl (C=O) groups excluding carboxylic acids is 1. The van der Waals surface area contributed by atoms with Gasteiger partial charge in [-0.25, -0.2) is 0 Å². The molecule has 1 N–H and O–H groups in total. The van der Waals surface area contributed by atoms with Crippen molar-refractivity contribution in [2.45, 2.75) is 6.04 Å². The van der Waals surface area contributed by atoms with E-state index < -0.39 is 0 Å². The summed E-state index contributed by atoms with van der Waals surface area (Å²) in [7, 11) is 8.70. The van der Waals surface area contributed by atoms with Crippen LogP contribution in [0.15, 0.2) is 53.1 Å². The quantitative estimate of drug-likeness (QED) is 0.562. The second kappa shape index (κ2) is 9.99. The van der Waals surface area contributed by atoms with Crippen LogP contribution in [0.4, 0.5) is 0 Å². The van der Waals surface area contributed by atoms with Crippen LogP contribution in [0.1, 0.15) is 22.1 Å². The van der Waals surface area contributed by atoms with Crippen LogP contribution in [0.5, 0.6) is 17.2 Å². The maximum absolute atomic E-state index is 12.7. The van der Waals surface area contributed by atoms with E-state index in [1.54, 1.807) is 27.4 Å². The molecule has 3 aromatic rings. The maximum atomic E-state index is 12.7. The fourth-order valence-corrected chi connectivity index (χ4v) is 3.21. The van der Waals surface area contributed by atoms with Crippen LogP contribution in [-0.2, 0) is 0 Å². The van der Waals surface area contributed by atoms with E-state index in [1.807, 2.05) is 61.5 Å². The molecule has 0 aliphatic carbocycles. The Kier molecular flexibility index (Phi) is 7.15. The molecule has 0 radical (unpaired) electrons. The number of methoxy groups -OCH3 is 3. The minimum Gasteiger partial charge on any atom is -0.497 e. The molecule has 0 aliphatic rings. The van der Waals surface area contributed by atoms with E-state index in [4.69, 9.17) is 18.7 Å². The van der Waals surface area contributed by atoms with Crippen LogP contribution in [0.3, 0.4) is 0 Å². The lowest BCUT2D eigenvalue weighted by Crippen LogP contribution is -2.34. The van der Waals surface area contributed by atoms with Crippen molar-refractivity contribution >= 4 is 5.91 Å². The maximum Gasteiger partial charge on any atom is 0.273 e. The summed E-state index contributed by atoms with van der Waals surface area (Å²) >= 11 is 0. The summed E-state index contributed by atoms with van der Waals surface area (Å²) in [6.07, 6.45) is 0. The Labute approximate surface area is 181 Å². The van der Waals surface area contributed by atoms with Crippen molar-refractivity contribution in [2.75, 3.05) is 42.0 Å². The summed E-state index contributed by atoms with van der Waals surface area (Å²) in [6.45, 7) is 0.381. The van der Waals surface area contributed by atoms with Crippen molar-refractivity contribution in [1.29, 1.82) is 0 Å². The molecule has 3 rings (SSSR count). The number of amides is 1. The van der Waals surface area contributed by atoms with Crippen molar-refractivity contribution in [1.82, 2.24) is 15.4 Å². The number of carbonyl (C=O) groups is 1. The molecule has 2 aromatic carbocycles. The van der Waals surface area contributed by atoms with Gasteiger partial charge in [0.2, 0.25) is 0 Å². The lowest BCUT2D eigenvalue weighted by Gasteiger charge is -2.25. The van der Waals surface area contributed by atoms with Crippen LogP contribution in [0, 0.1) is 0 Å². The van der Waals surface area contributed by atoms with Gasteiger partial charge in [-0.05, 0) is 56.1 Å². The van der Waals surface area contributed by atoms with E-state index in [-0.39, 0.29) is 17.6 Å². The molecule has 0 bridgehead atoms. The average molecular weight is 425 g/mol. The number of aromatic nitrogens is 1. The molecule has 8 nitrogen and oxygen atoms in total. The van der Waals surface area contributed by atoms with Gasteiger partial charge in [0.25, 0.3) is 5.91 Å². The third-order valence-corrected chi connectivity index (χ3v) is 4.99. The smallest absolute Gasteiger partial charge is 0.273 e. The van der Waals surface area contributed by atoms with Crippen LogP contribution >= 0.6 is 0 Å². The molecule has 0 saturated heterocycles. The Balaban J connectivity index is 1.70. The lowest BCUT2D eigenvalue weighted by molar-refractivity contribution is 0.0933. The number of hydrogen-bond acceptors (Lipinski definition) is 7. The summed E-state index contributed by atoms with van der Waals surface area (Å²) < 4.78 is 21.2. The Morgan fingerprint density at radius 3 is 2.32 bits per heavy atom. The molecule has 0 fully saturated rings. The van der Waals surface area contributed by atoms with E-state index in [1.165, 1.54) is 0 Å². The molecule has 1 atom stereocenters. The zero-order chi connectivity index (χ0) is 22.4. The molecule has 0 saturated carbocycles. The summed E-state index contributed by atoms with van der Waals surface area (Å²) in [4.78, 5) is 14.7. The topological polar surface area (TPSA) is 86.1 Å². The van der Waals surface area contributed by atoms with E-state index >= 15 is 0 Å². The molecule has 0 aliphatic heterocycles. The van der Waals surface area contributed by atoms with Gasteiger partial charge < -0.3 is 29.0 Å². The first kappa shape index (κ1) is 22.2. The Hall–Kier alpha value is -3.52. The number of nitrogens with one attached hydrogen (secondary N) is 1. The molecule has 1 amide bonds. The second-order valence-corrected chi connectivity index (χ2v) is 7.11. The van der Waals surface area contributed by atoms with Gasteiger partial charge in [0, 0.05) is 18.2 Å². The minimum atomic E-state index is -0.309. The standard InChI is InChI=1S/C23H27N3O5/c1-26(2)19(16-8-11-20(29-4)22(12-16)30-5)14-24-23(27)18-13-21(31-25-18)15-6-9-17(28-3)10-7-15/h6-13,19H,14H2,1-5H3,(H,24,27)/t19-/m1/s1. The Morgan fingerprint density at radius 1 is 1.00 bits per heavy atom. The molecule has 8 heteroatoms. The van der Waals surface area contributed by atoms with Crippen LogP contribution in [0.2, 0.25) is 0 Å². The molecule has 1 heterocycles.